The summed E-state index contributed by atoms with van der Waals surface area (Å²) in [5, 5.41) is 3.47. The Hall–Kier alpha value is -2.53. The summed E-state index contributed by atoms with van der Waals surface area (Å²) in [5.41, 5.74) is 0.829. The maximum Gasteiger partial charge on any atom is 0.257 e. The summed E-state index contributed by atoms with van der Waals surface area (Å²) in [6.07, 6.45) is 0.419. The van der Waals surface area contributed by atoms with Gasteiger partial charge in [0.05, 0.1) is 0 Å². The first-order chi connectivity index (χ1) is 12.1. The number of nitrogens with zero attached hydrogens (tertiary/aromatic N) is 1. The number of halogens is 1. The van der Waals surface area contributed by atoms with Crippen molar-refractivity contribution in [3.8, 4) is 5.75 Å². The molecule has 0 spiro atoms. The summed E-state index contributed by atoms with van der Waals surface area (Å²) < 4.78 is 5.40. The molecule has 0 bridgehead atoms. The first-order valence-corrected chi connectivity index (χ1v) is 8.50. The zero-order valence-corrected chi connectivity index (χ0v) is 14.4. The second-order valence-electron chi connectivity index (χ2n) is 5.96. The maximum atomic E-state index is 12.2. The quantitative estimate of drug-likeness (QED) is 0.863. The molecule has 0 saturated carbocycles. The van der Waals surface area contributed by atoms with Crippen molar-refractivity contribution in [1.82, 2.24) is 5.32 Å². The van der Waals surface area contributed by atoms with Gasteiger partial charge in [-0.05, 0) is 36.4 Å². The predicted octanol–water partition coefficient (Wildman–Crippen LogP) is 2.89. The normalized spacial score (nSPS) is 16.8. The molecule has 1 heterocycles. The molecule has 1 N–H and O–H groups in total. The lowest BCUT2D eigenvalue weighted by Gasteiger charge is -2.17. The summed E-state index contributed by atoms with van der Waals surface area (Å²) in [5.74, 6) is 0.606. The second-order valence-corrected chi connectivity index (χ2v) is 6.39. The van der Waals surface area contributed by atoms with Gasteiger partial charge in [0.15, 0.2) is 6.61 Å². The van der Waals surface area contributed by atoms with E-state index in [1.54, 1.807) is 29.2 Å². The number of anilines is 1. The summed E-state index contributed by atoms with van der Waals surface area (Å²) in [7, 11) is 0. The minimum atomic E-state index is -0.193. The van der Waals surface area contributed by atoms with Crippen molar-refractivity contribution in [2.75, 3.05) is 24.6 Å². The third kappa shape index (κ3) is 4.73. The molecule has 5 nitrogen and oxygen atoms in total. The standard InChI is InChI=1S/C19H19ClN2O3/c20-15-6-8-16(9-7-15)22-12-14(10-19(22)24)11-21-18(23)13-25-17-4-2-1-3-5-17/h1-9,14H,10-13H2,(H,21,23). The Kier molecular flexibility index (Phi) is 5.56. The smallest absolute Gasteiger partial charge is 0.257 e. The molecule has 6 heteroatoms. The number of hydrogen-bond donors (Lipinski definition) is 1. The van der Waals surface area contributed by atoms with Gasteiger partial charge in [0, 0.05) is 36.1 Å². The first-order valence-electron chi connectivity index (χ1n) is 8.12. The molecular weight excluding hydrogens is 340 g/mol. The minimum Gasteiger partial charge on any atom is -0.484 e. The third-order valence-electron chi connectivity index (χ3n) is 4.04. The van der Waals surface area contributed by atoms with Gasteiger partial charge in [0.25, 0.3) is 5.91 Å². The van der Waals surface area contributed by atoms with Crippen molar-refractivity contribution in [3.63, 3.8) is 0 Å². The van der Waals surface area contributed by atoms with E-state index in [1.165, 1.54) is 0 Å². The Morgan fingerprint density at radius 2 is 1.88 bits per heavy atom. The molecule has 0 aliphatic carbocycles. The van der Waals surface area contributed by atoms with Gasteiger partial charge < -0.3 is 15.0 Å². The van der Waals surface area contributed by atoms with Crippen molar-refractivity contribution in [2.45, 2.75) is 6.42 Å². The van der Waals surface area contributed by atoms with Crippen molar-refractivity contribution in [3.05, 3.63) is 59.6 Å². The van der Waals surface area contributed by atoms with E-state index in [0.717, 1.165) is 5.69 Å². The number of para-hydroxylation sites is 1. The van der Waals surface area contributed by atoms with E-state index in [4.69, 9.17) is 16.3 Å². The number of carbonyl (C=O) groups is 2. The largest absolute Gasteiger partial charge is 0.484 e. The first kappa shape index (κ1) is 17.3. The number of amides is 2. The van der Waals surface area contributed by atoms with E-state index in [1.807, 2.05) is 30.3 Å². The molecule has 25 heavy (non-hydrogen) atoms. The zero-order valence-electron chi connectivity index (χ0n) is 13.7. The fourth-order valence-electron chi connectivity index (χ4n) is 2.76. The summed E-state index contributed by atoms with van der Waals surface area (Å²) in [4.78, 5) is 25.8. The molecule has 1 unspecified atom stereocenters. The van der Waals surface area contributed by atoms with E-state index in [0.29, 0.717) is 30.3 Å². The number of rotatable bonds is 6. The Morgan fingerprint density at radius 1 is 1.16 bits per heavy atom. The molecule has 2 aromatic rings. The van der Waals surface area contributed by atoms with Crippen LogP contribution in [-0.4, -0.2) is 31.5 Å². The van der Waals surface area contributed by atoms with Gasteiger partial charge in [-0.1, -0.05) is 29.8 Å². The predicted molar refractivity (Wildman–Crippen MR) is 96.9 cm³/mol. The molecule has 0 radical (unpaired) electrons. The van der Waals surface area contributed by atoms with Gasteiger partial charge >= 0.3 is 0 Å². The highest BCUT2D eigenvalue weighted by Gasteiger charge is 2.30. The van der Waals surface area contributed by atoms with Crippen molar-refractivity contribution in [1.29, 1.82) is 0 Å². The Labute approximate surface area is 151 Å². The van der Waals surface area contributed by atoms with Gasteiger partial charge in [-0.3, -0.25) is 9.59 Å². The lowest BCUT2D eigenvalue weighted by Crippen LogP contribution is -2.34. The van der Waals surface area contributed by atoms with Crippen LogP contribution in [0.5, 0.6) is 5.75 Å². The van der Waals surface area contributed by atoms with E-state index in [-0.39, 0.29) is 24.3 Å². The lowest BCUT2D eigenvalue weighted by atomic mass is 10.1. The number of hydrogen-bond acceptors (Lipinski definition) is 3. The second kappa shape index (κ2) is 8.03. The van der Waals surface area contributed by atoms with Crippen LogP contribution in [0.4, 0.5) is 5.69 Å². The SMILES string of the molecule is O=C(COc1ccccc1)NCC1CC(=O)N(c2ccc(Cl)cc2)C1. The van der Waals surface area contributed by atoms with Crippen LogP contribution in [0.2, 0.25) is 5.02 Å². The summed E-state index contributed by atoms with van der Waals surface area (Å²) in [6.45, 7) is 0.999. The van der Waals surface area contributed by atoms with Crippen molar-refractivity contribution < 1.29 is 14.3 Å². The van der Waals surface area contributed by atoms with Gasteiger partial charge in [-0.15, -0.1) is 0 Å². The highest BCUT2D eigenvalue weighted by Crippen LogP contribution is 2.25. The van der Waals surface area contributed by atoms with Gasteiger partial charge in [0.1, 0.15) is 5.75 Å². The van der Waals surface area contributed by atoms with E-state index >= 15 is 0 Å². The molecule has 1 fully saturated rings. The highest BCUT2D eigenvalue weighted by molar-refractivity contribution is 6.30. The average molecular weight is 359 g/mol. The Balaban J connectivity index is 1.45. The molecule has 1 saturated heterocycles. The minimum absolute atomic E-state index is 0.0361. The molecular formula is C19H19ClN2O3. The number of nitrogens with one attached hydrogen (secondary N) is 1. The van der Waals surface area contributed by atoms with Gasteiger partial charge in [0.2, 0.25) is 5.91 Å². The fourth-order valence-corrected chi connectivity index (χ4v) is 2.89. The molecule has 1 atom stereocenters. The van der Waals surface area contributed by atoms with Crippen molar-refractivity contribution in [2.24, 2.45) is 5.92 Å². The maximum absolute atomic E-state index is 12.2. The topological polar surface area (TPSA) is 58.6 Å². The lowest BCUT2D eigenvalue weighted by molar-refractivity contribution is -0.123. The van der Waals surface area contributed by atoms with Crippen molar-refractivity contribution >= 4 is 29.1 Å². The van der Waals surface area contributed by atoms with E-state index in [9.17, 15) is 9.59 Å². The molecule has 2 amide bonds. The number of ether oxygens (including phenoxy) is 1. The molecule has 130 valence electrons. The van der Waals surface area contributed by atoms with Crippen LogP contribution in [0.1, 0.15) is 6.42 Å². The summed E-state index contributed by atoms with van der Waals surface area (Å²) >= 11 is 5.88. The molecule has 1 aliphatic heterocycles. The average Bonchev–Trinajstić information content (AvgIpc) is 3.00. The third-order valence-corrected chi connectivity index (χ3v) is 4.30. The van der Waals surface area contributed by atoms with Crippen LogP contribution >= 0.6 is 11.6 Å². The van der Waals surface area contributed by atoms with E-state index < -0.39 is 0 Å². The molecule has 0 aromatic heterocycles. The monoisotopic (exact) mass is 358 g/mol. The van der Waals surface area contributed by atoms with Crippen LogP contribution in [0.15, 0.2) is 54.6 Å². The van der Waals surface area contributed by atoms with Crippen LogP contribution in [0.25, 0.3) is 0 Å². The zero-order chi connectivity index (χ0) is 17.6. The number of benzene rings is 2. The fraction of sp³-hybridized carbons (Fsp3) is 0.263. The van der Waals surface area contributed by atoms with Crippen LogP contribution in [-0.2, 0) is 9.59 Å². The molecule has 3 rings (SSSR count). The van der Waals surface area contributed by atoms with Crippen LogP contribution in [0.3, 0.4) is 0 Å². The Bertz CT molecular complexity index is 734. The van der Waals surface area contributed by atoms with Crippen LogP contribution in [0, 0.1) is 5.92 Å². The van der Waals surface area contributed by atoms with Gasteiger partial charge in [-0.2, -0.15) is 0 Å². The van der Waals surface area contributed by atoms with Crippen LogP contribution < -0.4 is 15.0 Å². The number of carbonyl (C=O) groups excluding carboxylic acids is 2. The van der Waals surface area contributed by atoms with E-state index in [2.05, 4.69) is 5.32 Å². The molecule has 1 aliphatic rings. The highest BCUT2D eigenvalue weighted by atomic mass is 35.5. The summed E-state index contributed by atoms with van der Waals surface area (Å²) in [6, 6.07) is 16.4. The van der Waals surface area contributed by atoms with Gasteiger partial charge in [-0.25, -0.2) is 0 Å². The molecule has 2 aromatic carbocycles. The Morgan fingerprint density at radius 3 is 2.60 bits per heavy atom.